The van der Waals surface area contributed by atoms with Crippen LogP contribution in [0.5, 0.6) is 0 Å². The van der Waals surface area contributed by atoms with Crippen LogP contribution in [0.1, 0.15) is 30.8 Å². The number of esters is 1. The lowest BCUT2D eigenvalue weighted by Crippen LogP contribution is -2.15. The summed E-state index contributed by atoms with van der Waals surface area (Å²) in [7, 11) is 0. The first-order chi connectivity index (χ1) is 7.02. The second kappa shape index (κ2) is 5.28. The van der Waals surface area contributed by atoms with Gasteiger partial charge in [0.2, 0.25) is 5.28 Å². The molecule has 6 heteroatoms. The van der Waals surface area contributed by atoms with Crippen molar-refractivity contribution >= 4 is 29.2 Å². The topological polar surface area (TPSA) is 52.1 Å². The number of nitrogens with zero attached hydrogens (tertiary/aromatic N) is 2. The van der Waals surface area contributed by atoms with E-state index in [1.807, 2.05) is 6.92 Å². The predicted octanol–water partition coefficient (Wildman–Crippen LogP) is 2.74. The van der Waals surface area contributed by atoms with E-state index in [4.69, 9.17) is 27.9 Å². The third kappa shape index (κ3) is 3.64. The largest absolute Gasteiger partial charge is 0.458 e. The Bertz CT molecular complexity index is 351. The van der Waals surface area contributed by atoms with Crippen LogP contribution in [-0.4, -0.2) is 22.0 Å². The Balaban J connectivity index is 2.82. The second-order valence-electron chi connectivity index (χ2n) is 2.97. The number of aromatic nitrogens is 2. The van der Waals surface area contributed by atoms with Gasteiger partial charge in [-0.1, -0.05) is 18.5 Å². The maximum atomic E-state index is 11.5. The number of rotatable bonds is 3. The van der Waals surface area contributed by atoms with Gasteiger partial charge in [0.1, 0.15) is 5.15 Å². The third-order valence-electron chi connectivity index (χ3n) is 1.76. The summed E-state index contributed by atoms with van der Waals surface area (Å²) in [5.41, 5.74) is 0.0697. The number of hydrogen-bond donors (Lipinski definition) is 0. The van der Waals surface area contributed by atoms with E-state index in [-0.39, 0.29) is 22.2 Å². The van der Waals surface area contributed by atoms with E-state index < -0.39 is 5.97 Å². The molecule has 1 aromatic heterocycles. The fourth-order valence-electron chi connectivity index (χ4n) is 0.821. The van der Waals surface area contributed by atoms with Crippen molar-refractivity contribution in [3.63, 3.8) is 0 Å². The zero-order valence-corrected chi connectivity index (χ0v) is 9.84. The van der Waals surface area contributed by atoms with Gasteiger partial charge in [-0.05, 0) is 24.9 Å². The molecule has 0 N–H and O–H groups in total. The quantitative estimate of drug-likeness (QED) is 0.469. The number of halogens is 2. The molecule has 4 nitrogen and oxygen atoms in total. The molecule has 0 amide bonds. The van der Waals surface area contributed by atoms with Crippen LogP contribution in [0, 0.1) is 0 Å². The minimum absolute atomic E-state index is 0.0697. The molecule has 1 aromatic rings. The van der Waals surface area contributed by atoms with E-state index in [1.54, 1.807) is 6.92 Å². The fraction of sp³-hybridized carbons (Fsp3) is 0.444. The van der Waals surface area contributed by atoms with Gasteiger partial charge in [0.25, 0.3) is 0 Å². The predicted molar refractivity (Wildman–Crippen MR) is 57.2 cm³/mol. The molecule has 0 bridgehead atoms. The molecule has 0 saturated heterocycles. The molecule has 0 fully saturated rings. The second-order valence-corrected chi connectivity index (χ2v) is 3.69. The molecule has 0 aliphatic rings. The summed E-state index contributed by atoms with van der Waals surface area (Å²) in [6.07, 6.45) is 0.572. The van der Waals surface area contributed by atoms with Gasteiger partial charge in [0.15, 0.2) is 5.69 Å². The van der Waals surface area contributed by atoms with E-state index >= 15 is 0 Å². The number of carbonyl (C=O) groups excluding carboxylic acids is 1. The summed E-state index contributed by atoms with van der Waals surface area (Å²) >= 11 is 11.2. The van der Waals surface area contributed by atoms with E-state index in [2.05, 4.69) is 9.97 Å². The summed E-state index contributed by atoms with van der Waals surface area (Å²) in [4.78, 5) is 18.8. The van der Waals surface area contributed by atoms with Crippen LogP contribution >= 0.6 is 23.2 Å². The molecule has 82 valence electrons. The van der Waals surface area contributed by atoms with Gasteiger partial charge in [0, 0.05) is 6.07 Å². The Labute approximate surface area is 97.6 Å². The average molecular weight is 249 g/mol. The first-order valence-corrected chi connectivity index (χ1v) is 5.19. The van der Waals surface area contributed by atoms with E-state index in [1.165, 1.54) is 6.07 Å². The van der Waals surface area contributed by atoms with Crippen LogP contribution in [0.2, 0.25) is 10.4 Å². The van der Waals surface area contributed by atoms with Crippen molar-refractivity contribution in [2.45, 2.75) is 26.4 Å². The monoisotopic (exact) mass is 248 g/mol. The lowest BCUT2D eigenvalue weighted by Gasteiger charge is -2.10. The van der Waals surface area contributed by atoms with Crippen molar-refractivity contribution < 1.29 is 9.53 Å². The van der Waals surface area contributed by atoms with Crippen molar-refractivity contribution in [3.8, 4) is 0 Å². The first kappa shape index (κ1) is 12.2. The molecular weight excluding hydrogens is 239 g/mol. The van der Waals surface area contributed by atoms with Crippen LogP contribution in [0.3, 0.4) is 0 Å². The Kier molecular flexibility index (Phi) is 4.29. The highest BCUT2D eigenvalue weighted by molar-refractivity contribution is 6.32. The van der Waals surface area contributed by atoms with Gasteiger partial charge in [0.05, 0.1) is 6.10 Å². The van der Waals surface area contributed by atoms with Crippen molar-refractivity contribution in [1.29, 1.82) is 0 Å². The van der Waals surface area contributed by atoms with Crippen LogP contribution in [0.15, 0.2) is 6.07 Å². The van der Waals surface area contributed by atoms with Gasteiger partial charge < -0.3 is 4.74 Å². The van der Waals surface area contributed by atoms with Gasteiger partial charge in [-0.3, -0.25) is 0 Å². The Hall–Kier alpha value is -0.870. The molecule has 0 aliphatic carbocycles. The SMILES string of the molecule is CCC(C)OC(=O)c1cc(Cl)nc(Cl)n1. The highest BCUT2D eigenvalue weighted by atomic mass is 35.5. The van der Waals surface area contributed by atoms with Crippen LogP contribution < -0.4 is 0 Å². The van der Waals surface area contributed by atoms with Crippen LogP contribution in [0.25, 0.3) is 0 Å². The fourth-order valence-corrected chi connectivity index (χ4v) is 1.23. The molecule has 0 spiro atoms. The molecular formula is C9H10Cl2N2O2. The minimum Gasteiger partial charge on any atom is -0.458 e. The average Bonchev–Trinajstić information content (AvgIpc) is 2.16. The lowest BCUT2D eigenvalue weighted by atomic mass is 10.3. The number of hydrogen-bond acceptors (Lipinski definition) is 4. The number of carbonyl (C=O) groups is 1. The van der Waals surface area contributed by atoms with Crippen molar-refractivity contribution in [2.24, 2.45) is 0 Å². The highest BCUT2D eigenvalue weighted by Gasteiger charge is 2.14. The molecule has 0 aliphatic heterocycles. The van der Waals surface area contributed by atoms with Crippen molar-refractivity contribution in [1.82, 2.24) is 9.97 Å². The summed E-state index contributed by atoms with van der Waals surface area (Å²) in [5.74, 6) is -0.546. The molecule has 1 unspecified atom stereocenters. The first-order valence-electron chi connectivity index (χ1n) is 4.44. The zero-order chi connectivity index (χ0) is 11.4. The van der Waals surface area contributed by atoms with E-state index in [9.17, 15) is 4.79 Å². The smallest absolute Gasteiger partial charge is 0.357 e. The van der Waals surface area contributed by atoms with Crippen LogP contribution in [0.4, 0.5) is 0 Å². The van der Waals surface area contributed by atoms with Gasteiger partial charge in [-0.15, -0.1) is 0 Å². The van der Waals surface area contributed by atoms with Gasteiger partial charge in [-0.25, -0.2) is 14.8 Å². The van der Waals surface area contributed by atoms with Crippen molar-refractivity contribution in [3.05, 3.63) is 22.2 Å². The molecule has 0 radical (unpaired) electrons. The van der Waals surface area contributed by atoms with Crippen molar-refractivity contribution in [2.75, 3.05) is 0 Å². The maximum Gasteiger partial charge on any atom is 0.357 e. The highest BCUT2D eigenvalue weighted by Crippen LogP contribution is 2.12. The van der Waals surface area contributed by atoms with E-state index in [0.29, 0.717) is 0 Å². The molecule has 1 heterocycles. The third-order valence-corrected chi connectivity index (χ3v) is 2.12. The molecule has 1 rings (SSSR count). The van der Waals surface area contributed by atoms with E-state index in [0.717, 1.165) is 6.42 Å². The summed E-state index contributed by atoms with van der Waals surface area (Å²) in [6.45, 7) is 3.71. The molecule has 0 aromatic carbocycles. The molecule has 0 saturated carbocycles. The molecule has 15 heavy (non-hydrogen) atoms. The normalized spacial score (nSPS) is 12.3. The summed E-state index contributed by atoms with van der Waals surface area (Å²) in [5, 5.41) is 0.0460. The summed E-state index contributed by atoms with van der Waals surface area (Å²) < 4.78 is 5.05. The summed E-state index contributed by atoms with van der Waals surface area (Å²) in [6, 6.07) is 1.32. The van der Waals surface area contributed by atoms with Crippen LogP contribution in [-0.2, 0) is 4.74 Å². The standard InChI is InChI=1S/C9H10Cl2N2O2/c1-3-5(2)15-8(14)6-4-7(10)13-9(11)12-6/h4-5H,3H2,1-2H3. The number of ether oxygens (including phenoxy) is 1. The lowest BCUT2D eigenvalue weighted by molar-refractivity contribution is 0.0327. The maximum absolute atomic E-state index is 11.5. The Morgan fingerprint density at radius 1 is 1.53 bits per heavy atom. The van der Waals surface area contributed by atoms with Gasteiger partial charge in [-0.2, -0.15) is 0 Å². The minimum atomic E-state index is -0.546. The Morgan fingerprint density at radius 2 is 2.20 bits per heavy atom. The Morgan fingerprint density at radius 3 is 2.73 bits per heavy atom. The van der Waals surface area contributed by atoms with Gasteiger partial charge >= 0.3 is 5.97 Å². The zero-order valence-electron chi connectivity index (χ0n) is 8.33. The molecule has 1 atom stereocenters.